The van der Waals surface area contributed by atoms with E-state index in [0.717, 1.165) is 9.35 Å². The lowest BCUT2D eigenvalue weighted by Gasteiger charge is -2.13. The summed E-state index contributed by atoms with van der Waals surface area (Å²) in [4.78, 5) is 1.05. The van der Waals surface area contributed by atoms with Gasteiger partial charge >= 0.3 is 0 Å². The molecule has 0 spiro atoms. The highest BCUT2D eigenvalue weighted by Crippen LogP contribution is 2.29. The molecule has 2 aromatic rings. The summed E-state index contributed by atoms with van der Waals surface area (Å²) in [6.07, 6.45) is -0.762. The Labute approximate surface area is 117 Å². The number of halogens is 2. The lowest BCUT2D eigenvalue weighted by atomic mass is 10.1. The van der Waals surface area contributed by atoms with E-state index in [1.54, 1.807) is 24.3 Å². The third kappa shape index (κ3) is 3.10. The summed E-state index contributed by atoms with van der Waals surface area (Å²) in [5.74, 6) is 0.127. The van der Waals surface area contributed by atoms with Crippen molar-refractivity contribution in [2.75, 3.05) is 0 Å². The van der Waals surface area contributed by atoms with Crippen LogP contribution in [0.2, 0.25) is 0 Å². The first kappa shape index (κ1) is 13.5. The fraction of sp³-hybridized carbons (Fsp3) is 0.231. The summed E-state index contributed by atoms with van der Waals surface area (Å²) < 4.78 is 19.7. The lowest BCUT2D eigenvalue weighted by Crippen LogP contribution is -2.01. The second-order valence-electron chi connectivity index (χ2n) is 3.84. The van der Waals surface area contributed by atoms with Gasteiger partial charge in [-0.1, -0.05) is 0 Å². The molecule has 0 amide bonds. The molecule has 0 saturated heterocycles. The average Bonchev–Trinajstić information content (AvgIpc) is 2.73. The zero-order valence-electron chi connectivity index (χ0n) is 9.69. The van der Waals surface area contributed by atoms with Gasteiger partial charge in [-0.2, -0.15) is 0 Å². The van der Waals surface area contributed by atoms with Gasteiger partial charge in [0.05, 0.1) is 11.0 Å². The molecular weight excluding hydrogens is 319 g/mol. The first-order valence-corrected chi connectivity index (χ1v) is 7.07. The zero-order chi connectivity index (χ0) is 13.1. The highest BCUT2D eigenvalue weighted by molar-refractivity contribution is 9.10. The monoisotopic (exact) mass is 330 g/mol. The minimum atomic E-state index is -0.762. The molecule has 5 heteroatoms. The molecule has 0 radical (unpaired) electrons. The smallest absolute Gasteiger partial charge is 0.125 e. The topological polar surface area (TPSA) is 29.5 Å². The van der Waals surface area contributed by atoms with Gasteiger partial charge in [-0.3, -0.25) is 0 Å². The standard InChI is InChI=1S/C13H12BrFO2S/c1-8(16)10-6-9(15)2-3-12(10)17-7-13-11(14)4-5-18-13/h2-6,8,16H,7H2,1H3/t8-/m0/s1. The largest absolute Gasteiger partial charge is 0.488 e. The van der Waals surface area contributed by atoms with Crippen molar-refractivity contribution < 1.29 is 14.2 Å². The predicted octanol–water partition coefficient (Wildman–Crippen LogP) is 4.28. The lowest BCUT2D eigenvalue weighted by molar-refractivity contribution is 0.189. The molecule has 96 valence electrons. The van der Waals surface area contributed by atoms with E-state index in [2.05, 4.69) is 15.9 Å². The highest BCUT2D eigenvalue weighted by atomic mass is 79.9. The van der Waals surface area contributed by atoms with E-state index < -0.39 is 6.10 Å². The molecule has 1 N–H and O–H groups in total. The van der Waals surface area contributed by atoms with Crippen molar-refractivity contribution in [2.45, 2.75) is 19.6 Å². The zero-order valence-corrected chi connectivity index (χ0v) is 12.1. The predicted molar refractivity (Wildman–Crippen MR) is 73.4 cm³/mol. The maximum atomic E-state index is 13.1. The number of thiophene rings is 1. The number of aliphatic hydroxyl groups is 1. The van der Waals surface area contributed by atoms with Gasteiger partial charge in [0.25, 0.3) is 0 Å². The van der Waals surface area contributed by atoms with Gasteiger partial charge in [-0.05, 0) is 52.5 Å². The van der Waals surface area contributed by atoms with E-state index in [1.165, 1.54) is 12.1 Å². The van der Waals surface area contributed by atoms with Crippen LogP contribution in [0.15, 0.2) is 34.1 Å². The van der Waals surface area contributed by atoms with Crippen LogP contribution in [0, 0.1) is 5.82 Å². The molecule has 0 aliphatic rings. The second kappa shape index (κ2) is 5.82. The summed E-state index contributed by atoms with van der Waals surface area (Å²) in [5, 5.41) is 11.5. The van der Waals surface area contributed by atoms with E-state index in [9.17, 15) is 9.50 Å². The Morgan fingerprint density at radius 2 is 2.22 bits per heavy atom. The number of rotatable bonds is 4. The van der Waals surface area contributed by atoms with E-state index >= 15 is 0 Å². The Bertz CT molecular complexity index is 540. The molecular formula is C13H12BrFO2S. The van der Waals surface area contributed by atoms with E-state index in [4.69, 9.17) is 4.74 Å². The molecule has 0 saturated carbocycles. The van der Waals surface area contributed by atoms with Crippen LogP contribution in [0.1, 0.15) is 23.5 Å². The summed E-state index contributed by atoms with van der Waals surface area (Å²) in [6, 6.07) is 6.11. The molecule has 2 nitrogen and oxygen atoms in total. The van der Waals surface area contributed by atoms with Crippen molar-refractivity contribution in [3.8, 4) is 5.75 Å². The highest BCUT2D eigenvalue weighted by Gasteiger charge is 2.11. The summed E-state index contributed by atoms with van der Waals surface area (Å²) in [6.45, 7) is 1.98. The Hall–Kier alpha value is -0.910. The van der Waals surface area contributed by atoms with E-state index in [1.807, 2.05) is 11.4 Å². The van der Waals surface area contributed by atoms with Crippen LogP contribution in [0.25, 0.3) is 0 Å². The van der Waals surface area contributed by atoms with Crippen LogP contribution in [-0.2, 0) is 6.61 Å². The van der Waals surface area contributed by atoms with Gasteiger partial charge in [0.1, 0.15) is 18.2 Å². The number of aliphatic hydroxyl groups excluding tert-OH is 1. The third-order valence-electron chi connectivity index (χ3n) is 2.47. The summed E-state index contributed by atoms with van der Waals surface area (Å²) in [7, 11) is 0. The van der Waals surface area contributed by atoms with Crippen LogP contribution >= 0.6 is 27.3 Å². The summed E-state index contributed by atoms with van der Waals surface area (Å²) >= 11 is 5.00. The quantitative estimate of drug-likeness (QED) is 0.906. The molecule has 0 aliphatic heterocycles. The normalized spacial score (nSPS) is 12.4. The molecule has 2 rings (SSSR count). The molecule has 0 unspecified atom stereocenters. The van der Waals surface area contributed by atoms with Gasteiger partial charge in [0.2, 0.25) is 0 Å². The van der Waals surface area contributed by atoms with Crippen LogP contribution < -0.4 is 4.74 Å². The number of hydrogen-bond acceptors (Lipinski definition) is 3. The van der Waals surface area contributed by atoms with Crippen LogP contribution in [0.3, 0.4) is 0 Å². The van der Waals surface area contributed by atoms with Gasteiger partial charge in [-0.15, -0.1) is 11.3 Å². The van der Waals surface area contributed by atoms with Crippen molar-refractivity contribution in [1.29, 1.82) is 0 Å². The Morgan fingerprint density at radius 3 is 2.83 bits per heavy atom. The molecule has 1 heterocycles. The average molecular weight is 331 g/mol. The van der Waals surface area contributed by atoms with Gasteiger partial charge in [0.15, 0.2) is 0 Å². The third-order valence-corrected chi connectivity index (χ3v) is 4.37. The van der Waals surface area contributed by atoms with E-state index in [-0.39, 0.29) is 5.82 Å². The first-order valence-electron chi connectivity index (χ1n) is 5.40. The van der Waals surface area contributed by atoms with Crippen molar-refractivity contribution in [3.63, 3.8) is 0 Å². The van der Waals surface area contributed by atoms with E-state index in [0.29, 0.717) is 17.9 Å². The van der Waals surface area contributed by atoms with Gasteiger partial charge < -0.3 is 9.84 Å². The van der Waals surface area contributed by atoms with Gasteiger partial charge in [0, 0.05) is 10.0 Å². The fourth-order valence-electron chi connectivity index (χ4n) is 1.55. The van der Waals surface area contributed by atoms with Crippen molar-refractivity contribution in [1.82, 2.24) is 0 Å². The Morgan fingerprint density at radius 1 is 1.44 bits per heavy atom. The van der Waals surface area contributed by atoms with Crippen molar-refractivity contribution in [2.24, 2.45) is 0 Å². The number of hydrogen-bond donors (Lipinski definition) is 1. The first-order chi connectivity index (χ1) is 8.58. The number of ether oxygens (including phenoxy) is 1. The van der Waals surface area contributed by atoms with Crippen LogP contribution in [0.5, 0.6) is 5.75 Å². The van der Waals surface area contributed by atoms with Crippen LogP contribution in [0.4, 0.5) is 4.39 Å². The SMILES string of the molecule is C[C@H](O)c1cc(F)ccc1OCc1sccc1Br. The second-order valence-corrected chi connectivity index (χ2v) is 5.69. The maximum Gasteiger partial charge on any atom is 0.125 e. The minimum absolute atomic E-state index is 0.379. The molecule has 0 bridgehead atoms. The minimum Gasteiger partial charge on any atom is -0.488 e. The Balaban J connectivity index is 2.16. The van der Waals surface area contributed by atoms with Gasteiger partial charge in [-0.25, -0.2) is 4.39 Å². The van der Waals surface area contributed by atoms with Crippen molar-refractivity contribution >= 4 is 27.3 Å². The number of benzene rings is 1. The Kier molecular flexibility index (Phi) is 4.37. The molecule has 1 aromatic heterocycles. The molecule has 1 atom stereocenters. The summed E-state index contributed by atoms with van der Waals surface area (Å²) in [5.41, 5.74) is 0.461. The molecule has 0 aliphatic carbocycles. The molecule has 1 aromatic carbocycles. The maximum absolute atomic E-state index is 13.1. The fourth-order valence-corrected chi connectivity index (χ4v) is 2.93. The molecule has 18 heavy (non-hydrogen) atoms. The van der Waals surface area contributed by atoms with Crippen molar-refractivity contribution in [3.05, 3.63) is 50.4 Å². The van der Waals surface area contributed by atoms with Crippen LogP contribution in [-0.4, -0.2) is 5.11 Å². The molecule has 0 fully saturated rings.